The van der Waals surface area contributed by atoms with Crippen molar-refractivity contribution in [1.82, 2.24) is 15.6 Å². The highest BCUT2D eigenvalue weighted by atomic mass is 16.5. The number of fused-ring (bicyclic) bond motifs is 1. The van der Waals surface area contributed by atoms with Gasteiger partial charge in [0.05, 0.1) is 5.52 Å². The van der Waals surface area contributed by atoms with E-state index in [1.54, 1.807) is 6.07 Å². The molecule has 0 saturated heterocycles. The van der Waals surface area contributed by atoms with Crippen LogP contribution in [0.5, 0.6) is 0 Å². The van der Waals surface area contributed by atoms with E-state index in [-0.39, 0.29) is 25.4 Å². The number of rotatable bonds is 12. The minimum Gasteiger partial charge on any atom is -0.480 e. The quantitative estimate of drug-likeness (QED) is 0.351. The van der Waals surface area contributed by atoms with Crippen LogP contribution in [0.3, 0.4) is 0 Å². The summed E-state index contributed by atoms with van der Waals surface area (Å²) in [6.45, 7) is 0.660. The van der Waals surface area contributed by atoms with Gasteiger partial charge in [-0.15, -0.1) is 0 Å². The van der Waals surface area contributed by atoms with Crippen LogP contribution in [0.4, 0.5) is 4.79 Å². The predicted octanol–water partition coefficient (Wildman–Crippen LogP) is 3.83. The zero-order chi connectivity index (χ0) is 24.2. The number of carbonyl (C=O) groups excluding carboxylic acids is 2. The summed E-state index contributed by atoms with van der Waals surface area (Å²) < 4.78 is 5.14. The van der Waals surface area contributed by atoms with Crippen molar-refractivity contribution in [1.29, 1.82) is 0 Å². The van der Waals surface area contributed by atoms with Gasteiger partial charge in [0.25, 0.3) is 0 Å². The largest absolute Gasteiger partial charge is 0.480 e. The maximum atomic E-state index is 12.2. The number of carboxylic acids is 1. The molecule has 0 spiro atoms. The molecule has 3 N–H and O–H groups in total. The van der Waals surface area contributed by atoms with Crippen LogP contribution in [-0.2, 0) is 27.4 Å². The number of benzene rings is 2. The molecule has 178 valence electrons. The Balaban J connectivity index is 1.32. The average molecular weight is 464 g/mol. The van der Waals surface area contributed by atoms with Gasteiger partial charge in [-0.25, -0.2) is 9.59 Å². The van der Waals surface area contributed by atoms with Crippen LogP contribution in [0.2, 0.25) is 0 Å². The van der Waals surface area contributed by atoms with Gasteiger partial charge in [0.2, 0.25) is 5.91 Å². The number of pyridine rings is 1. The lowest BCUT2D eigenvalue weighted by molar-refractivity contribution is -0.141. The molecule has 0 fully saturated rings. The molecule has 1 atom stereocenters. The van der Waals surface area contributed by atoms with Crippen LogP contribution in [0.1, 0.15) is 36.9 Å². The van der Waals surface area contributed by atoms with Crippen molar-refractivity contribution in [2.75, 3.05) is 6.54 Å². The molecule has 0 aliphatic rings. The normalized spacial score (nSPS) is 11.5. The van der Waals surface area contributed by atoms with E-state index in [1.807, 2.05) is 60.7 Å². The number of hydrogen-bond donors (Lipinski definition) is 3. The number of para-hydroxylation sites is 1. The third kappa shape index (κ3) is 8.20. The van der Waals surface area contributed by atoms with E-state index in [2.05, 4.69) is 15.6 Å². The summed E-state index contributed by atoms with van der Waals surface area (Å²) in [5, 5.41) is 15.8. The van der Waals surface area contributed by atoms with Crippen LogP contribution in [0, 0.1) is 0 Å². The lowest BCUT2D eigenvalue weighted by Crippen LogP contribution is -2.42. The lowest BCUT2D eigenvalue weighted by Gasteiger charge is -2.14. The lowest BCUT2D eigenvalue weighted by atomic mass is 10.1. The van der Waals surface area contributed by atoms with Gasteiger partial charge in [-0.3, -0.25) is 9.78 Å². The number of unbranched alkanes of at least 4 members (excludes halogenated alkanes) is 2. The summed E-state index contributed by atoms with van der Waals surface area (Å²) in [5.74, 6) is -1.41. The summed E-state index contributed by atoms with van der Waals surface area (Å²) in [5.41, 5.74) is 2.31. The van der Waals surface area contributed by atoms with Gasteiger partial charge < -0.3 is 20.5 Å². The van der Waals surface area contributed by atoms with E-state index >= 15 is 0 Å². The molecule has 8 heteroatoms. The zero-order valence-corrected chi connectivity index (χ0v) is 18.9. The SMILES string of the molecule is O=C(CCCCCNC(=O)OCc1ccccc1)N[C@@H](Cc1ccc2ccccc2n1)C(=O)O. The van der Waals surface area contributed by atoms with Crippen molar-refractivity contribution >= 4 is 28.9 Å². The number of nitrogens with one attached hydrogen (secondary N) is 2. The van der Waals surface area contributed by atoms with Crippen molar-refractivity contribution in [3.8, 4) is 0 Å². The van der Waals surface area contributed by atoms with Crippen LogP contribution in [0.25, 0.3) is 10.9 Å². The smallest absolute Gasteiger partial charge is 0.407 e. The third-order valence-electron chi connectivity index (χ3n) is 5.27. The Labute approximate surface area is 198 Å². The first kappa shape index (κ1) is 24.7. The molecular formula is C26H29N3O5. The zero-order valence-electron chi connectivity index (χ0n) is 18.9. The predicted molar refractivity (Wildman–Crippen MR) is 128 cm³/mol. The Kier molecular flexibility index (Phi) is 9.40. The summed E-state index contributed by atoms with van der Waals surface area (Å²) in [6, 6.07) is 19.6. The molecule has 3 rings (SSSR count). The Bertz CT molecular complexity index is 1100. The number of amides is 2. The van der Waals surface area contributed by atoms with Crippen molar-refractivity contribution in [3.05, 3.63) is 78.0 Å². The molecule has 0 saturated carbocycles. The number of aliphatic carboxylic acids is 1. The molecule has 34 heavy (non-hydrogen) atoms. The van der Waals surface area contributed by atoms with Gasteiger partial charge in [-0.2, -0.15) is 0 Å². The van der Waals surface area contributed by atoms with E-state index in [9.17, 15) is 19.5 Å². The Morgan fingerprint density at radius 1 is 0.912 bits per heavy atom. The van der Waals surface area contributed by atoms with Crippen LogP contribution in [-0.4, -0.2) is 40.6 Å². The molecule has 0 aliphatic carbocycles. The maximum Gasteiger partial charge on any atom is 0.407 e. The molecule has 1 aromatic heterocycles. The topological polar surface area (TPSA) is 118 Å². The van der Waals surface area contributed by atoms with Crippen LogP contribution < -0.4 is 10.6 Å². The molecule has 0 radical (unpaired) electrons. The van der Waals surface area contributed by atoms with Crippen molar-refractivity contribution < 1.29 is 24.2 Å². The molecule has 2 aromatic carbocycles. The fraction of sp³-hybridized carbons (Fsp3) is 0.308. The van der Waals surface area contributed by atoms with Gasteiger partial charge >= 0.3 is 12.1 Å². The molecular weight excluding hydrogens is 434 g/mol. The second-order valence-corrected chi connectivity index (χ2v) is 7.96. The number of carboxylic acid groups (broad SMARTS) is 1. The molecule has 8 nitrogen and oxygen atoms in total. The molecule has 3 aromatic rings. The minimum atomic E-state index is -1.10. The standard InChI is InChI=1S/C26H29N3O5/c30-24(13-5-2-8-16-27-26(33)34-18-19-9-3-1-4-10-19)29-23(25(31)32)17-21-15-14-20-11-6-7-12-22(20)28-21/h1,3-4,6-7,9-12,14-15,23H,2,5,8,13,16-18H2,(H,27,33)(H,29,30)(H,31,32)/t23-/m0/s1. The monoisotopic (exact) mass is 463 g/mol. The van der Waals surface area contributed by atoms with Crippen LogP contribution >= 0.6 is 0 Å². The molecule has 2 amide bonds. The maximum absolute atomic E-state index is 12.2. The number of ether oxygens (including phenoxy) is 1. The number of hydrogen-bond acceptors (Lipinski definition) is 5. The molecule has 0 aliphatic heterocycles. The number of nitrogens with zero attached hydrogens (tertiary/aromatic N) is 1. The Morgan fingerprint density at radius 3 is 2.47 bits per heavy atom. The first-order chi connectivity index (χ1) is 16.5. The second kappa shape index (κ2) is 12.9. The third-order valence-corrected chi connectivity index (χ3v) is 5.27. The second-order valence-electron chi connectivity index (χ2n) is 7.96. The first-order valence-electron chi connectivity index (χ1n) is 11.3. The summed E-state index contributed by atoms with van der Waals surface area (Å²) in [7, 11) is 0. The molecule has 1 heterocycles. The van der Waals surface area contributed by atoms with E-state index in [0.717, 1.165) is 22.9 Å². The Morgan fingerprint density at radius 2 is 1.68 bits per heavy atom. The van der Waals surface area contributed by atoms with E-state index in [4.69, 9.17) is 4.74 Å². The highest BCUT2D eigenvalue weighted by Gasteiger charge is 2.21. The van der Waals surface area contributed by atoms with Crippen LogP contribution in [0.15, 0.2) is 66.7 Å². The van der Waals surface area contributed by atoms with E-state index in [1.165, 1.54) is 0 Å². The van der Waals surface area contributed by atoms with Crippen molar-refractivity contribution in [2.24, 2.45) is 0 Å². The summed E-state index contributed by atoms with van der Waals surface area (Å²) in [4.78, 5) is 40.1. The van der Waals surface area contributed by atoms with E-state index in [0.29, 0.717) is 25.1 Å². The summed E-state index contributed by atoms with van der Waals surface area (Å²) in [6.07, 6.45) is 1.85. The fourth-order valence-electron chi connectivity index (χ4n) is 3.45. The van der Waals surface area contributed by atoms with Crippen molar-refractivity contribution in [3.63, 3.8) is 0 Å². The highest BCUT2D eigenvalue weighted by Crippen LogP contribution is 2.13. The summed E-state index contributed by atoms with van der Waals surface area (Å²) >= 11 is 0. The Hall–Kier alpha value is -3.94. The van der Waals surface area contributed by atoms with Crippen molar-refractivity contribution in [2.45, 2.75) is 44.8 Å². The van der Waals surface area contributed by atoms with Gasteiger partial charge in [0.15, 0.2) is 0 Å². The highest BCUT2D eigenvalue weighted by molar-refractivity contribution is 5.84. The molecule has 0 bridgehead atoms. The van der Waals surface area contributed by atoms with Gasteiger partial charge in [-0.05, 0) is 30.5 Å². The average Bonchev–Trinajstić information content (AvgIpc) is 2.85. The number of alkyl carbamates (subject to hydrolysis) is 1. The number of carbonyl (C=O) groups is 3. The fourth-order valence-corrected chi connectivity index (χ4v) is 3.45. The minimum absolute atomic E-state index is 0.112. The van der Waals surface area contributed by atoms with Gasteiger partial charge in [0, 0.05) is 30.5 Å². The van der Waals surface area contributed by atoms with Gasteiger partial charge in [0.1, 0.15) is 12.6 Å². The van der Waals surface area contributed by atoms with Gasteiger partial charge in [-0.1, -0.05) is 61.0 Å². The molecule has 0 unspecified atom stereocenters. The first-order valence-corrected chi connectivity index (χ1v) is 11.3. The van der Waals surface area contributed by atoms with E-state index < -0.39 is 18.1 Å². The number of aromatic nitrogens is 1.